The van der Waals surface area contributed by atoms with E-state index in [-0.39, 0.29) is 11.5 Å². The molecule has 0 heterocycles. The standard InChI is InChI=1S/C14H24O/c1-10-7-6-8-14(4,5)13(10)9-11(2)12(3)15/h9,12,15H,6-8H2,1-5H3/b11-9-/t12-/m0/s1. The van der Waals surface area contributed by atoms with Crippen LogP contribution in [0.4, 0.5) is 0 Å². The predicted octanol–water partition coefficient (Wildman–Crippen LogP) is 3.84. The minimum Gasteiger partial charge on any atom is -0.389 e. The summed E-state index contributed by atoms with van der Waals surface area (Å²) in [6.07, 6.45) is 5.62. The van der Waals surface area contributed by atoms with Gasteiger partial charge in [-0.1, -0.05) is 25.5 Å². The molecule has 0 fully saturated rings. The van der Waals surface area contributed by atoms with E-state index in [9.17, 15) is 5.11 Å². The Hall–Kier alpha value is -0.560. The molecule has 1 atom stereocenters. The first-order valence-electron chi connectivity index (χ1n) is 5.91. The SMILES string of the molecule is CC1=C(/C=C(/C)[C@H](C)O)C(C)(C)CCC1. The lowest BCUT2D eigenvalue weighted by Crippen LogP contribution is -2.20. The molecule has 1 rings (SSSR count). The molecule has 86 valence electrons. The molecule has 1 N–H and O–H groups in total. The topological polar surface area (TPSA) is 20.2 Å². The predicted molar refractivity (Wildman–Crippen MR) is 65.8 cm³/mol. The van der Waals surface area contributed by atoms with Gasteiger partial charge in [0.25, 0.3) is 0 Å². The lowest BCUT2D eigenvalue weighted by Gasteiger charge is -2.33. The molecular weight excluding hydrogens is 184 g/mol. The average molecular weight is 208 g/mol. The average Bonchev–Trinajstić information content (AvgIpc) is 2.10. The highest BCUT2D eigenvalue weighted by molar-refractivity contribution is 5.35. The van der Waals surface area contributed by atoms with Crippen molar-refractivity contribution in [3.63, 3.8) is 0 Å². The van der Waals surface area contributed by atoms with Crippen molar-refractivity contribution in [2.45, 2.75) is 60.0 Å². The van der Waals surface area contributed by atoms with Crippen LogP contribution < -0.4 is 0 Å². The van der Waals surface area contributed by atoms with Crippen molar-refractivity contribution in [1.82, 2.24) is 0 Å². The third-order valence-electron chi connectivity index (χ3n) is 3.57. The van der Waals surface area contributed by atoms with Gasteiger partial charge in [0.05, 0.1) is 6.10 Å². The maximum absolute atomic E-state index is 9.52. The molecule has 0 aliphatic heterocycles. The van der Waals surface area contributed by atoms with Crippen LogP contribution in [0.15, 0.2) is 22.8 Å². The fourth-order valence-electron chi connectivity index (χ4n) is 2.31. The summed E-state index contributed by atoms with van der Waals surface area (Å²) in [7, 11) is 0. The van der Waals surface area contributed by atoms with Crippen molar-refractivity contribution in [3.8, 4) is 0 Å². The second-order valence-corrected chi connectivity index (χ2v) is 5.50. The van der Waals surface area contributed by atoms with Gasteiger partial charge < -0.3 is 5.11 Å². The van der Waals surface area contributed by atoms with Crippen molar-refractivity contribution in [2.75, 3.05) is 0 Å². The molecule has 1 aliphatic carbocycles. The zero-order chi connectivity index (χ0) is 11.6. The van der Waals surface area contributed by atoms with Gasteiger partial charge in [0.1, 0.15) is 0 Å². The van der Waals surface area contributed by atoms with Crippen LogP contribution in [-0.4, -0.2) is 11.2 Å². The van der Waals surface area contributed by atoms with E-state index in [1.54, 1.807) is 0 Å². The Balaban J connectivity index is 3.05. The Kier molecular flexibility index (Phi) is 3.77. The van der Waals surface area contributed by atoms with Gasteiger partial charge in [0, 0.05) is 0 Å². The molecule has 1 heteroatoms. The summed E-state index contributed by atoms with van der Waals surface area (Å²) in [6.45, 7) is 10.7. The van der Waals surface area contributed by atoms with Gasteiger partial charge in [-0.2, -0.15) is 0 Å². The first kappa shape index (κ1) is 12.5. The number of hydrogen-bond donors (Lipinski definition) is 1. The third kappa shape index (κ3) is 2.94. The van der Waals surface area contributed by atoms with Crippen LogP contribution in [0.5, 0.6) is 0 Å². The fourth-order valence-corrected chi connectivity index (χ4v) is 2.31. The lowest BCUT2D eigenvalue weighted by atomic mass is 9.72. The molecular formula is C14H24O. The van der Waals surface area contributed by atoms with Gasteiger partial charge in [0.15, 0.2) is 0 Å². The summed E-state index contributed by atoms with van der Waals surface area (Å²) < 4.78 is 0. The first-order chi connectivity index (χ1) is 6.84. The van der Waals surface area contributed by atoms with Gasteiger partial charge >= 0.3 is 0 Å². The third-order valence-corrected chi connectivity index (χ3v) is 3.57. The van der Waals surface area contributed by atoms with Crippen LogP contribution in [0.3, 0.4) is 0 Å². The quantitative estimate of drug-likeness (QED) is 0.731. The number of hydrogen-bond acceptors (Lipinski definition) is 1. The molecule has 15 heavy (non-hydrogen) atoms. The monoisotopic (exact) mass is 208 g/mol. The van der Waals surface area contributed by atoms with E-state index in [0.717, 1.165) is 5.57 Å². The minimum atomic E-state index is -0.331. The molecule has 0 saturated carbocycles. The molecule has 0 amide bonds. The van der Waals surface area contributed by atoms with Crippen molar-refractivity contribution >= 4 is 0 Å². The van der Waals surface area contributed by atoms with Crippen LogP contribution in [-0.2, 0) is 0 Å². The second kappa shape index (κ2) is 4.52. The molecule has 0 bridgehead atoms. The Bertz CT molecular complexity index is 292. The largest absolute Gasteiger partial charge is 0.389 e. The Morgan fingerprint density at radius 2 is 2.07 bits per heavy atom. The van der Waals surface area contributed by atoms with E-state index < -0.39 is 0 Å². The summed E-state index contributed by atoms with van der Waals surface area (Å²) in [5.41, 5.74) is 4.27. The van der Waals surface area contributed by atoms with Crippen molar-refractivity contribution in [2.24, 2.45) is 5.41 Å². The Morgan fingerprint density at radius 1 is 1.47 bits per heavy atom. The smallest absolute Gasteiger partial charge is 0.0722 e. The van der Waals surface area contributed by atoms with E-state index in [0.29, 0.717) is 0 Å². The molecule has 0 unspecified atom stereocenters. The molecule has 0 spiro atoms. The highest BCUT2D eigenvalue weighted by Crippen LogP contribution is 2.41. The molecule has 0 aromatic rings. The van der Waals surface area contributed by atoms with E-state index in [1.807, 2.05) is 13.8 Å². The molecule has 1 aliphatic rings. The number of allylic oxidation sites excluding steroid dienone is 3. The number of aliphatic hydroxyl groups is 1. The van der Waals surface area contributed by atoms with Crippen LogP contribution in [0.2, 0.25) is 0 Å². The maximum Gasteiger partial charge on any atom is 0.0722 e. The van der Waals surface area contributed by atoms with Crippen LogP contribution in [0, 0.1) is 5.41 Å². The van der Waals surface area contributed by atoms with Gasteiger partial charge in [-0.3, -0.25) is 0 Å². The van der Waals surface area contributed by atoms with Crippen LogP contribution in [0.1, 0.15) is 53.9 Å². The van der Waals surface area contributed by atoms with E-state index in [1.165, 1.54) is 30.4 Å². The maximum atomic E-state index is 9.52. The van der Waals surface area contributed by atoms with Crippen molar-refractivity contribution in [1.29, 1.82) is 0 Å². The Morgan fingerprint density at radius 3 is 2.53 bits per heavy atom. The summed E-state index contributed by atoms with van der Waals surface area (Å²) in [5, 5.41) is 9.52. The summed E-state index contributed by atoms with van der Waals surface area (Å²) in [4.78, 5) is 0. The van der Waals surface area contributed by atoms with E-state index in [2.05, 4.69) is 26.8 Å². The highest BCUT2D eigenvalue weighted by atomic mass is 16.3. The Labute approximate surface area is 93.9 Å². The van der Waals surface area contributed by atoms with Gasteiger partial charge in [0.2, 0.25) is 0 Å². The zero-order valence-corrected chi connectivity index (χ0v) is 10.7. The number of rotatable bonds is 2. The lowest BCUT2D eigenvalue weighted by molar-refractivity contribution is 0.231. The second-order valence-electron chi connectivity index (χ2n) is 5.50. The van der Waals surface area contributed by atoms with Crippen molar-refractivity contribution < 1.29 is 5.11 Å². The summed E-state index contributed by atoms with van der Waals surface area (Å²) >= 11 is 0. The minimum absolute atomic E-state index is 0.276. The molecule has 0 radical (unpaired) electrons. The van der Waals surface area contributed by atoms with Gasteiger partial charge in [-0.15, -0.1) is 0 Å². The first-order valence-corrected chi connectivity index (χ1v) is 5.91. The molecule has 1 nitrogen and oxygen atoms in total. The summed E-state index contributed by atoms with van der Waals surface area (Å²) in [5.74, 6) is 0. The normalized spacial score (nSPS) is 24.3. The molecule has 0 aromatic heterocycles. The molecule has 0 aromatic carbocycles. The highest BCUT2D eigenvalue weighted by Gasteiger charge is 2.27. The molecule has 0 saturated heterocycles. The van der Waals surface area contributed by atoms with Gasteiger partial charge in [-0.05, 0) is 56.6 Å². The summed E-state index contributed by atoms with van der Waals surface area (Å²) in [6, 6.07) is 0. The fraction of sp³-hybridized carbons (Fsp3) is 0.714. The van der Waals surface area contributed by atoms with Crippen LogP contribution >= 0.6 is 0 Å². The van der Waals surface area contributed by atoms with Gasteiger partial charge in [-0.25, -0.2) is 0 Å². The van der Waals surface area contributed by atoms with Crippen LogP contribution in [0.25, 0.3) is 0 Å². The number of aliphatic hydroxyl groups excluding tert-OH is 1. The van der Waals surface area contributed by atoms with E-state index >= 15 is 0 Å². The zero-order valence-electron chi connectivity index (χ0n) is 10.7. The van der Waals surface area contributed by atoms with Crippen molar-refractivity contribution in [3.05, 3.63) is 22.8 Å². The van der Waals surface area contributed by atoms with E-state index in [4.69, 9.17) is 0 Å².